The Morgan fingerprint density at radius 2 is 1.93 bits per heavy atom. The van der Waals surface area contributed by atoms with Crippen LogP contribution in [0.5, 0.6) is 0 Å². The van der Waals surface area contributed by atoms with E-state index in [0.29, 0.717) is 5.56 Å². The Hall–Kier alpha value is -1.35. The van der Waals surface area contributed by atoms with Crippen molar-refractivity contribution >= 4 is 5.97 Å². The third-order valence-electron chi connectivity index (χ3n) is 2.33. The second-order valence-electron chi connectivity index (χ2n) is 3.46. The predicted octanol–water partition coefficient (Wildman–Crippen LogP) is 1.90. The maximum Gasteiger partial charge on any atom is 0.339 e. The van der Waals surface area contributed by atoms with Gasteiger partial charge in [-0.2, -0.15) is 0 Å². The monoisotopic (exact) mass is 208 g/mol. The van der Waals surface area contributed by atoms with Crippen LogP contribution in [-0.4, -0.2) is 17.7 Å². The van der Waals surface area contributed by atoms with Gasteiger partial charge in [-0.05, 0) is 37.5 Å². The lowest BCUT2D eigenvalue weighted by atomic mass is 9.98. The molecule has 3 nitrogen and oxygen atoms in total. The van der Waals surface area contributed by atoms with E-state index in [-0.39, 0.29) is 6.61 Å². The summed E-state index contributed by atoms with van der Waals surface area (Å²) in [7, 11) is 0. The molecule has 0 saturated heterocycles. The summed E-state index contributed by atoms with van der Waals surface area (Å²) < 4.78 is 4.78. The number of carbonyl (C=O) groups excluding carboxylic acids is 1. The molecule has 0 aromatic heterocycles. The van der Waals surface area contributed by atoms with Gasteiger partial charge in [0.1, 0.15) is 0 Å². The molecule has 0 fully saturated rings. The number of esters is 1. The van der Waals surface area contributed by atoms with Gasteiger partial charge in [0.25, 0.3) is 0 Å². The molecule has 0 radical (unpaired) electrons. The molecule has 15 heavy (non-hydrogen) atoms. The Morgan fingerprint density at radius 1 is 1.40 bits per heavy atom. The number of rotatable bonds is 3. The molecule has 0 spiro atoms. The molecule has 0 heterocycles. The van der Waals surface area contributed by atoms with Crippen molar-refractivity contribution in [3.05, 3.63) is 34.9 Å². The smallest absolute Gasteiger partial charge is 0.339 e. The van der Waals surface area contributed by atoms with Gasteiger partial charge < -0.3 is 9.84 Å². The van der Waals surface area contributed by atoms with Crippen molar-refractivity contribution in [1.82, 2.24) is 0 Å². The van der Waals surface area contributed by atoms with E-state index in [4.69, 9.17) is 4.74 Å². The molecule has 3 heteroatoms. The number of aliphatic hydroxyl groups excluding tert-OH is 1. The number of carbonyl (C=O) groups is 1. The first-order chi connectivity index (χ1) is 7.07. The van der Waals surface area contributed by atoms with Crippen LogP contribution < -0.4 is 0 Å². The zero-order chi connectivity index (χ0) is 11.4. The second-order valence-corrected chi connectivity index (χ2v) is 3.46. The number of ether oxygens (including phenoxy) is 1. The summed E-state index contributed by atoms with van der Waals surface area (Å²) in [6, 6.07) is 5.63. The topological polar surface area (TPSA) is 46.5 Å². The van der Waals surface area contributed by atoms with Crippen molar-refractivity contribution < 1.29 is 14.6 Å². The third kappa shape index (κ3) is 2.57. The Kier molecular flexibility index (Phi) is 3.86. The van der Waals surface area contributed by atoms with Gasteiger partial charge in [0, 0.05) is 0 Å². The van der Waals surface area contributed by atoms with Crippen LogP contribution in [0.15, 0.2) is 18.2 Å². The second kappa shape index (κ2) is 4.94. The van der Waals surface area contributed by atoms with E-state index in [1.54, 1.807) is 6.92 Å². The fraction of sp³-hybridized carbons (Fsp3) is 0.417. The first-order valence-electron chi connectivity index (χ1n) is 4.98. The molecule has 0 amide bonds. The lowest BCUT2D eigenvalue weighted by molar-refractivity contribution is -0.153. The molecule has 1 aromatic carbocycles. The number of hydrogen-bond donors (Lipinski definition) is 1. The zero-order valence-corrected chi connectivity index (χ0v) is 9.28. The van der Waals surface area contributed by atoms with Crippen molar-refractivity contribution in [3.8, 4) is 0 Å². The number of aryl methyl sites for hydroxylation is 2. The fourth-order valence-electron chi connectivity index (χ4n) is 1.60. The van der Waals surface area contributed by atoms with Crippen molar-refractivity contribution in [1.29, 1.82) is 0 Å². The molecule has 0 aliphatic rings. The molecule has 0 saturated carbocycles. The molecule has 0 aliphatic carbocycles. The molecule has 1 atom stereocenters. The van der Waals surface area contributed by atoms with Crippen molar-refractivity contribution in [2.24, 2.45) is 0 Å². The number of aliphatic hydroxyl groups is 1. The maximum absolute atomic E-state index is 11.4. The molecule has 1 aromatic rings. The van der Waals surface area contributed by atoms with Gasteiger partial charge in [-0.1, -0.05) is 18.2 Å². The Bertz CT molecular complexity index is 338. The Morgan fingerprint density at radius 3 is 2.40 bits per heavy atom. The van der Waals surface area contributed by atoms with Crippen LogP contribution in [0.25, 0.3) is 0 Å². The third-order valence-corrected chi connectivity index (χ3v) is 2.33. The van der Waals surface area contributed by atoms with E-state index in [1.807, 2.05) is 32.0 Å². The SMILES string of the molecule is CCOC(=O)C(O)c1c(C)cccc1C. The molecule has 0 bridgehead atoms. The van der Waals surface area contributed by atoms with Gasteiger partial charge in [-0.25, -0.2) is 4.79 Å². The highest BCUT2D eigenvalue weighted by molar-refractivity contribution is 5.77. The average molecular weight is 208 g/mol. The largest absolute Gasteiger partial charge is 0.464 e. The van der Waals surface area contributed by atoms with Crippen LogP contribution in [0.4, 0.5) is 0 Å². The predicted molar refractivity (Wildman–Crippen MR) is 57.5 cm³/mol. The summed E-state index contributed by atoms with van der Waals surface area (Å²) in [4.78, 5) is 11.4. The Balaban J connectivity index is 3.00. The van der Waals surface area contributed by atoms with Crippen LogP contribution in [0.1, 0.15) is 29.7 Å². The minimum absolute atomic E-state index is 0.279. The van der Waals surface area contributed by atoms with Crippen LogP contribution in [0.2, 0.25) is 0 Å². The van der Waals surface area contributed by atoms with Gasteiger partial charge in [0.15, 0.2) is 6.10 Å². The van der Waals surface area contributed by atoms with Crippen LogP contribution in [-0.2, 0) is 9.53 Å². The van der Waals surface area contributed by atoms with Crippen molar-refractivity contribution in [3.63, 3.8) is 0 Å². The lowest BCUT2D eigenvalue weighted by Gasteiger charge is -2.14. The summed E-state index contributed by atoms with van der Waals surface area (Å²) >= 11 is 0. The fourth-order valence-corrected chi connectivity index (χ4v) is 1.60. The highest BCUT2D eigenvalue weighted by Crippen LogP contribution is 2.22. The lowest BCUT2D eigenvalue weighted by Crippen LogP contribution is -2.17. The summed E-state index contributed by atoms with van der Waals surface area (Å²) in [5.41, 5.74) is 2.45. The molecule has 82 valence electrons. The highest BCUT2D eigenvalue weighted by Gasteiger charge is 2.21. The zero-order valence-electron chi connectivity index (χ0n) is 9.28. The molecular weight excluding hydrogens is 192 g/mol. The summed E-state index contributed by atoms with van der Waals surface area (Å²) in [5.74, 6) is -0.588. The first kappa shape index (κ1) is 11.7. The summed E-state index contributed by atoms with van der Waals surface area (Å²) in [6.45, 7) is 5.73. The average Bonchev–Trinajstić information content (AvgIpc) is 2.17. The molecular formula is C12H16O3. The summed E-state index contributed by atoms with van der Waals surface area (Å²) in [5, 5.41) is 9.81. The molecule has 1 unspecified atom stereocenters. The van der Waals surface area contributed by atoms with Gasteiger partial charge in [-0.3, -0.25) is 0 Å². The van der Waals surface area contributed by atoms with Crippen molar-refractivity contribution in [2.45, 2.75) is 26.9 Å². The standard InChI is InChI=1S/C12H16O3/c1-4-15-12(14)11(13)10-8(2)6-5-7-9(10)3/h5-7,11,13H,4H2,1-3H3. The van der Waals surface area contributed by atoms with Gasteiger partial charge in [0.05, 0.1) is 6.61 Å². The quantitative estimate of drug-likeness (QED) is 0.772. The molecule has 0 aliphatic heterocycles. The first-order valence-corrected chi connectivity index (χ1v) is 4.98. The maximum atomic E-state index is 11.4. The van der Waals surface area contributed by atoms with E-state index in [1.165, 1.54) is 0 Å². The summed E-state index contributed by atoms with van der Waals surface area (Å²) in [6.07, 6.45) is -1.17. The highest BCUT2D eigenvalue weighted by atomic mass is 16.5. The van der Waals surface area contributed by atoms with Crippen molar-refractivity contribution in [2.75, 3.05) is 6.61 Å². The van der Waals surface area contributed by atoms with E-state index in [9.17, 15) is 9.90 Å². The van der Waals surface area contributed by atoms with Gasteiger partial charge in [-0.15, -0.1) is 0 Å². The van der Waals surface area contributed by atoms with Gasteiger partial charge in [0.2, 0.25) is 0 Å². The van der Waals surface area contributed by atoms with E-state index >= 15 is 0 Å². The number of hydrogen-bond acceptors (Lipinski definition) is 3. The minimum atomic E-state index is -1.17. The number of benzene rings is 1. The normalized spacial score (nSPS) is 12.3. The van der Waals surface area contributed by atoms with Gasteiger partial charge >= 0.3 is 5.97 Å². The van der Waals surface area contributed by atoms with Crippen LogP contribution >= 0.6 is 0 Å². The van der Waals surface area contributed by atoms with E-state index < -0.39 is 12.1 Å². The van der Waals surface area contributed by atoms with E-state index in [2.05, 4.69) is 0 Å². The molecule has 1 N–H and O–H groups in total. The molecule has 1 rings (SSSR count). The van der Waals surface area contributed by atoms with Crippen LogP contribution in [0, 0.1) is 13.8 Å². The van der Waals surface area contributed by atoms with E-state index in [0.717, 1.165) is 11.1 Å². The minimum Gasteiger partial charge on any atom is -0.464 e. The van der Waals surface area contributed by atoms with Crippen LogP contribution in [0.3, 0.4) is 0 Å². The Labute approximate surface area is 89.7 Å².